The van der Waals surface area contributed by atoms with Crippen LogP contribution in [0.4, 0.5) is 0 Å². The van der Waals surface area contributed by atoms with E-state index >= 15 is 0 Å². The van der Waals surface area contributed by atoms with Crippen LogP contribution in [0.3, 0.4) is 0 Å². The number of aromatic nitrogens is 2. The fourth-order valence-corrected chi connectivity index (χ4v) is 3.07. The number of ketones is 1. The van der Waals surface area contributed by atoms with Crippen LogP contribution in [0.5, 0.6) is 5.75 Å². The van der Waals surface area contributed by atoms with Crippen LogP contribution in [0, 0.1) is 0 Å². The molecule has 2 aromatic carbocycles. The van der Waals surface area contributed by atoms with Gasteiger partial charge in [-0.1, -0.05) is 37.2 Å². The number of para-hydroxylation sites is 2. The number of thioether (sulfide) groups is 1. The summed E-state index contributed by atoms with van der Waals surface area (Å²) in [5.41, 5.74) is 2.60. The molecule has 1 aromatic heterocycles. The van der Waals surface area contributed by atoms with E-state index < -0.39 is 0 Å². The molecule has 0 aliphatic carbocycles. The molecule has 4 nitrogen and oxygen atoms in total. The highest BCUT2D eigenvalue weighted by atomic mass is 79.9. The number of nitrogens with one attached hydrogen (secondary N) is 1. The molecule has 0 radical (unpaired) electrons. The fraction of sp³-hybridized carbons (Fsp3) is 0.263. The quantitative estimate of drug-likeness (QED) is 0.343. The molecule has 0 fully saturated rings. The second-order valence-electron chi connectivity index (χ2n) is 5.50. The topological polar surface area (TPSA) is 55.0 Å². The van der Waals surface area contributed by atoms with Gasteiger partial charge in [-0.3, -0.25) is 4.79 Å². The van der Waals surface area contributed by atoms with Crippen molar-refractivity contribution in [3.05, 3.63) is 54.1 Å². The van der Waals surface area contributed by atoms with Gasteiger partial charge in [-0.2, -0.15) is 0 Å². The number of nitrogens with zero attached hydrogens (tertiary/aromatic N) is 1. The molecule has 25 heavy (non-hydrogen) atoms. The third-order valence-corrected chi connectivity index (χ3v) is 4.52. The van der Waals surface area contributed by atoms with Crippen LogP contribution in [0.1, 0.15) is 30.1 Å². The highest BCUT2D eigenvalue weighted by Crippen LogP contribution is 2.21. The minimum atomic E-state index is 0. The van der Waals surface area contributed by atoms with Crippen LogP contribution >= 0.6 is 11.8 Å². The van der Waals surface area contributed by atoms with Crippen molar-refractivity contribution in [2.45, 2.75) is 24.9 Å². The third kappa shape index (κ3) is 5.34. The highest BCUT2D eigenvalue weighted by molar-refractivity contribution is 7.99. The number of Topliss-reactive ketones (excluding diaryl/α,β-unsaturated/α-hetero) is 1. The van der Waals surface area contributed by atoms with E-state index in [0.29, 0.717) is 17.9 Å². The van der Waals surface area contributed by atoms with Gasteiger partial charge in [0.25, 0.3) is 0 Å². The van der Waals surface area contributed by atoms with E-state index in [1.807, 2.05) is 48.5 Å². The summed E-state index contributed by atoms with van der Waals surface area (Å²) in [5, 5.41) is 0.768. The molecule has 6 heteroatoms. The van der Waals surface area contributed by atoms with Gasteiger partial charge in [-0.05, 0) is 42.8 Å². The van der Waals surface area contributed by atoms with Gasteiger partial charge in [0.05, 0.1) is 23.4 Å². The molecule has 3 rings (SSSR count). The number of unbranched alkanes of at least 4 members (excludes halogenated alkanes) is 1. The Hall–Kier alpha value is -1.79. The minimum Gasteiger partial charge on any atom is -1.00 e. The van der Waals surface area contributed by atoms with Crippen LogP contribution in [-0.4, -0.2) is 28.1 Å². The van der Waals surface area contributed by atoms with Crippen molar-refractivity contribution in [3.8, 4) is 5.75 Å². The summed E-state index contributed by atoms with van der Waals surface area (Å²) in [5.74, 6) is 1.25. The number of benzene rings is 2. The SMILES string of the molecule is CCCCOc1ccc(C(=O)CSc2nc3ccccc3[nH]2)cc1.[Br-]. The first kappa shape index (κ1) is 19.5. The van der Waals surface area contributed by atoms with E-state index in [9.17, 15) is 4.79 Å². The lowest BCUT2D eigenvalue weighted by Gasteiger charge is -2.06. The maximum absolute atomic E-state index is 12.3. The molecular weight excluding hydrogens is 400 g/mol. The predicted molar refractivity (Wildman–Crippen MR) is 98.0 cm³/mol. The van der Waals surface area contributed by atoms with Crippen molar-refractivity contribution in [2.75, 3.05) is 12.4 Å². The first-order chi connectivity index (χ1) is 11.8. The van der Waals surface area contributed by atoms with Gasteiger partial charge in [-0.25, -0.2) is 4.98 Å². The molecule has 0 saturated heterocycles. The number of rotatable bonds is 8. The highest BCUT2D eigenvalue weighted by Gasteiger charge is 2.09. The van der Waals surface area contributed by atoms with Crippen LogP contribution < -0.4 is 21.7 Å². The third-order valence-electron chi connectivity index (χ3n) is 3.65. The minimum absolute atomic E-state index is 0. The van der Waals surface area contributed by atoms with Crippen molar-refractivity contribution in [2.24, 2.45) is 0 Å². The molecule has 132 valence electrons. The number of aromatic amines is 1. The van der Waals surface area contributed by atoms with Gasteiger partial charge in [0.15, 0.2) is 10.9 Å². The second kappa shape index (κ2) is 9.63. The van der Waals surface area contributed by atoms with Crippen molar-refractivity contribution in [3.63, 3.8) is 0 Å². The Balaban J connectivity index is 0.00000225. The van der Waals surface area contributed by atoms with Crippen molar-refractivity contribution < 1.29 is 26.5 Å². The average molecular weight is 420 g/mol. The zero-order valence-corrected chi connectivity index (χ0v) is 16.4. The van der Waals surface area contributed by atoms with Crippen LogP contribution in [0.15, 0.2) is 53.7 Å². The van der Waals surface area contributed by atoms with E-state index in [1.165, 1.54) is 11.8 Å². The summed E-state index contributed by atoms with van der Waals surface area (Å²) in [6.07, 6.45) is 2.14. The maximum Gasteiger partial charge on any atom is 0.173 e. The number of hydrogen-bond acceptors (Lipinski definition) is 4. The molecule has 3 aromatic rings. The Morgan fingerprint density at radius 2 is 1.92 bits per heavy atom. The molecule has 1 N–H and O–H groups in total. The number of carbonyl (C=O) groups is 1. The maximum atomic E-state index is 12.3. The van der Waals surface area contributed by atoms with E-state index in [0.717, 1.165) is 34.8 Å². The van der Waals surface area contributed by atoms with Gasteiger partial charge in [0.1, 0.15) is 5.75 Å². The van der Waals surface area contributed by atoms with E-state index in [2.05, 4.69) is 16.9 Å². The number of ether oxygens (including phenoxy) is 1. The van der Waals surface area contributed by atoms with Gasteiger partial charge in [0, 0.05) is 5.56 Å². The van der Waals surface area contributed by atoms with Crippen LogP contribution in [0.25, 0.3) is 11.0 Å². The van der Waals surface area contributed by atoms with Crippen LogP contribution in [0.2, 0.25) is 0 Å². The number of halogens is 1. The van der Waals surface area contributed by atoms with Gasteiger partial charge < -0.3 is 26.7 Å². The zero-order chi connectivity index (χ0) is 16.8. The fourth-order valence-electron chi connectivity index (χ4n) is 2.29. The number of imidazole rings is 1. The summed E-state index contributed by atoms with van der Waals surface area (Å²) < 4.78 is 5.61. The molecule has 1 heterocycles. The largest absolute Gasteiger partial charge is 1.00 e. The summed E-state index contributed by atoms with van der Waals surface area (Å²) >= 11 is 1.42. The summed E-state index contributed by atoms with van der Waals surface area (Å²) in [4.78, 5) is 20.0. The normalized spacial score (nSPS) is 10.4. The molecule has 0 unspecified atom stereocenters. The second-order valence-corrected chi connectivity index (χ2v) is 6.46. The van der Waals surface area contributed by atoms with E-state index in [4.69, 9.17) is 4.74 Å². The van der Waals surface area contributed by atoms with Gasteiger partial charge in [-0.15, -0.1) is 0 Å². The van der Waals surface area contributed by atoms with Gasteiger partial charge in [0.2, 0.25) is 0 Å². The Bertz CT molecular complexity index is 785. The summed E-state index contributed by atoms with van der Waals surface area (Å²) in [7, 11) is 0. The molecule has 0 saturated carbocycles. The number of H-pyrrole nitrogens is 1. The van der Waals surface area contributed by atoms with Crippen LogP contribution in [-0.2, 0) is 0 Å². The molecule has 0 atom stereocenters. The Morgan fingerprint density at radius 1 is 1.16 bits per heavy atom. The van der Waals surface area contributed by atoms with Crippen molar-refractivity contribution in [1.82, 2.24) is 9.97 Å². The molecule has 0 aliphatic rings. The van der Waals surface area contributed by atoms with Crippen molar-refractivity contribution in [1.29, 1.82) is 0 Å². The molecule has 0 bridgehead atoms. The lowest BCUT2D eigenvalue weighted by molar-refractivity contribution is -0.0000132. The Kier molecular flexibility index (Phi) is 7.52. The number of carbonyl (C=O) groups excluding carboxylic acids is 1. The lowest BCUT2D eigenvalue weighted by atomic mass is 10.1. The molecule has 0 aliphatic heterocycles. The zero-order valence-electron chi connectivity index (χ0n) is 14.0. The van der Waals surface area contributed by atoms with E-state index in [1.54, 1.807) is 0 Å². The number of hydrogen-bond donors (Lipinski definition) is 1. The summed E-state index contributed by atoms with van der Waals surface area (Å²) in [6, 6.07) is 15.2. The average Bonchev–Trinajstić information content (AvgIpc) is 3.03. The monoisotopic (exact) mass is 419 g/mol. The lowest BCUT2D eigenvalue weighted by Crippen LogP contribution is -3.00. The Labute approximate surface area is 162 Å². The van der Waals surface area contributed by atoms with Crippen molar-refractivity contribution >= 4 is 28.6 Å². The summed E-state index contributed by atoms with van der Waals surface area (Å²) in [6.45, 7) is 2.84. The molecular formula is C19H20BrN2O2S-. The molecule has 0 amide bonds. The first-order valence-corrected chi connectivity index (χ1v) is 9.08. The van der Waals surface area contributed by atoms with E-state index in [-0.39, 0.29) is 22.8 Å². The predicted octanol–water partition coefficient (Wildman–Crippen LogP) is 1.72. The number of fused-ring (bicyclic) bond motifs is 1. The Morgan fingerprint density at radius 3 is 2.64 bits per heavy atom. The standard InChI is InChI=1S/C19H20N2O2S.BrH/c1-2-3-12-23-15-10-8-14(9-11-15)18(22)13-24-19-20-16-6-4-5-7-17(16)21-19;/h4-11H,2-3,12-13H2,1H3,(H,20,21);1H/p-1. The van der Waals surface area contributed by atoms with Gasteiger partial charge >= 0.3 is 0 Å². The molecule has 0 spiro atoms. The first-order valence-electron chi connectivity index (χ1n) is 8.10. The smallest absolute Gasteiger partial charge is 0.173 e.